The zero-order chi connectivity index (χ0) is 29.6. The van der Waals surface area contributed by atoms with Crippen LogP contribution in [-0.4, -0.2) is 23.9 Å². The summed E-state index contributed by atoms with van der Waals surface area (Å²) in [5, 5.41) is 0. The average Bonchev–Trinajstić information content (AvgIpc) is 2.95. The quantitative estimate of drug-likeness (QED) is 0.189. The summed E-state index contributed by atoms with van der Waals surface area (Å²) in [5.74, 6) is 1.08. The molecule has 41 heavy (non-hydrogen) atoms. The Morgan fingerprint density at radius 2 is 1.27 bits per heavy atom. The molecule has 4 aromatic rings. The predicted octanol–water partition coefficient (Wildman–Crippen LogP) is 6.22. The van der Waals surface area contributed by atoms with Crippen molar-refractivity contribution < 1.29 is 26.3 Å². The first kappa shape index (κ1) is 29.7. The highest BCUT2D eigenvalue weighted by molar-refractivity contribution is 7.93. The van der Waals surface area contributed by atoms with E-state index in [-0.39, 0.29) is 34.2 Å². The minimum absolute atomic E-state index is 0.0320. The molecule has 0 aliphatic carbocycles. The molecule has 0 unspecified atom stereocenters. The van der Waals surface area contributed by atoms with Crippen molar-refractivity contribution in [2.24, 2.45) is 0 Å². The van der Waals surface area contributed by atoms with Crippen LogP contribution in [0.5, 0.6) is 11.5 Å². The highest BCUT2D eigenvalue weighted by atomic mass is 32.2. The summed E-state index contributed by atoms with van der Waals surface area (Å²) in [6.07, 6.45) is 1.79. The summed E-state index contributed by atoms with van der Waals surface area (Å²) < 4.78 is 70.1. The third-order valence-electron chi connectivity index (χ3n) is 6.32. The molecular weight excluding hydrogens is 560 g/mol. The van der Waals surface area contributed by atoms with Gasteiger partial charge in [0.1, 0.15) is 18.1 Å². The van der Waals surface area contributed by atoms with Crippen LogP contribution in [0, 0.1) is 13.8 Å². The molecule has 0 aromatic heterocycles. The second kappa shape index (κ2) is 12.5. The van der Waals surface area contributed by atoms with Gasteiger partial charge in [-0.15, -0.1) is 6.58 Å². The summed E-state index contributed by atoms with van der Waals surface area (Å²) >= 11 is 0. The SMILES string of the molecule is C=CCc1c(OCc2ccc(OC)cc2)ccc(NS(=O)(=O)c2ccc(C)cc2)c1NS(=O)(=O)c1ccc(C)cc1. The van der Waals surface area contributed by atoms with Gasteiger partial charge in [0.25, 0.3) is 20.0 Å². The lowest BCUT2D eigenvalue weighted by Crippen LogP contribution is -2.19. The second-order valence-corrected chi connectivity index (χ2v) is 12.8. The monoisotopic (exact) mass is 592 g/mol. The van der Waals surface area contributed by atoms with Crippen molar-refractivity contribution in [3.8, 4) is 11.5 Å². The van der Waals surface area contributed by atoms with Gasteiger partial charge in [-0.05, 0) is 74.4 Å². The minimum Gasteiger partial charge on any atom is -0.497 e. The van der Waals surface area contributed by atoms with E-state index in [1.807, 2.05) is 38.1 Å². The van der Waals surface area contributed by atoms with Gasteiger partial charge < -0.3 is 9.47 Å². The highest BCUT2D eigenvalue weighted by Crippen LogP contribution is 2.38. The van der Waals surface area contributed by atoms with E-state index in [2.05, 4.69) is 16.0 Å². The van der Waals surface area contributed by atoms with E-state index in [0.717, 1.165) is 16.7 Å². The Bertz CT molecular complexity index is 1730. The van der Waals surface area contributed by atoms with E-state index in [1.54, 1.807) is 43.5 Å². The molecule has 0 radical (unpaired) electrons. The van der Waals surface area contributed by atoms with Crippen molar-refractivity contribution in [3.05, 3.63) is 120 Å². The van der Waals surface area contributed by atoms with Crippen LogP contribution in [0.1, 0.15) is 22.3 Å². The van der Waals surface area contributed by atoms with Crippen molar-refractivity contribution in [1.29, 1.82) is 0 Å². The lowest BCUT2D eigenvalue weighted by Gasteiger charge is -2.21. The fourth-order valence-corrected chi connectivity index (χ4v) is 6.21. The number of sulfonamides is 2. The number of methoxy groups -OCH3 is 1. The van der Waals surface area contributed by atoms with Crippen molar-refractivity contribution >= 4 is 31.4 Å². The van der Waals surface area contributed by atoms with Gasteiger partial charge in [-0.3, -0.25) is 9.44 Å². The fraction of sp³-hybridized carbons (Fsp3) is 0.161. The summed E-state index contributed by atoms with van der Waals surface area (Å²) in [6, 6.07) is 23.2. The maximum Gasteiger partial charge on any atom is 0.261 e. The number of anilines is 2. The first-order valence-corrected chi connectivity index (χ1v) is 15.7. The van der Waals surface area contributed by atoms with Gasteiger partial charge in [-0.25, -0.2) is 16.8 Å². The number of hydrogen-bond donors (Lipinski definition) is 2. The Morgan fingerprint density at radius 1 is 0.732 bits per heavy atom. The predicted molar refractivity (Wildman–Crippen MR) is 162 cm³/mol. The molecule has 0 heterocycles. The molecule has 10 heteroatoms. The molecular formula is C31H32N2O6S2. The summed E-state index contributed by atoms with van der Waals surface area (Å²) in [5.41, 5.74) is 3.19. The number of nitrogens with one attached hydrogen (secondary N) is 2. The van der Waals surface area contributed by atoms with Crippen LogP contribution in [-0.2, 0) is 33.1 Å². The van der Waals surface area contributed by atoms with Gasteiger partial charge >= 0.3 is 0 Å². The Morgan fingerprint density at radius 3 is 1.78 bits per heavy atom. The topological polar surface area (TPSA) is 111 Å². The smallest absolute Gasteiger partial charge is 0.261 e. The molecule has 0 saturated carbocycles. The fourth-order valence-electron chi connectivity index (χ4n) is 4.03. The van der Waals surface area contributed by atoms with Gasteiger partial charge in [0, 0.05) is 5.56 Å². The van der Waals surface area contributed by atoms with Crippen LogP contribution >= 0.6 is 0 Å². The van der Waals surface area contributed by atoms with Crippen molar-refractivity contribution in [1.82, 2.24) is 0 Å². The zero-order valence-corrected chi connectivity index (χ0v) is 24.7. The molecule has 8 nitrogen and oxygen atoms in total. The van der Waals surface area contributed by atoms with Crippen LogP contribution in [0.4, 0.5) is 11.4 Å². The summed E-state index contributed by atoms with van der Waals surface area (Å²) in [6.45, 7) is 7.71. The number of hydrogen-bond acceptors (Lipinski definition) is 6. The van der Waals surface area contributed by atoms with E-state index in [1.165, 1.54) is 30.3 Å². The minimum atomic E-state index is -4.10. The van der Waals surface area contributed by atoms with Crippen molar-refractivity contribution in [2.45, 2.75) is 36.7 Å². The van der Waals surface area contributed by atoms with Crippen molar-refractivity contribution in [2.75, 3.05) is 16.6 Å². The number of allylic oxidation sites excluding steroid dienone is 1. The third kappa shape index (κ3) is 7.27. The Kier molecular flexibility index (Phi) is 9.05. The molecule has 0 atom stereocenters. The van der Waals surface area contributed by atoms with Crippen LogP contribution < -0.4 is 18.9 Å². The normalized spacial score (nSPS) is 11.5. The first-order valence-electron chi connectivity index (χ1n) is 12.7. The van der Waals surface area contributed by atoms with Crippen LogP contribution in [0.2, 0.25) is 0 Å². The molecule has 0 spiro atoms. The van der Waals surface area contributed by atoms with Crippen LogP contribution in [0.25, 0.3) is 0 Å². The van der Waals surface area contributed by atoms with Gasteiger partial charge in [-0.2, -0.15) is 0 Å². The molecule has 0 amide bonds. The molecule has 214 valence electrons. The number of aryl methyl sites for hydroxylation is 2. The Hall–Kier alpha value is -4.28. The molecule has 0 bridgehead atoms. The Labute approximate surface area is 241 Å². The molecule has 2 N–H and O–H groups in total. The van der Waals surface area contributed by atoms with Gasteiger partial charge in [0.05, 0.1) is 28.3 Å². The van der Waals surface area contributed by atoms with E-state index < -0.39 is 20.0 Å². The first-order chi connectivity index (χ1) is 19.5. The van der Waals surface area contributed by atoms with Crippen LogP contribution in [0.3, 0.4) is 0 Å². The molecule has 0 aliphatic rings. The van der Waals surface area contributed by atoms with E-state index in [0.29, 0.717) is 17.1 Å². The van der Waals surface area contributed by atoms with Gasteiger partial charge in [-0.1, -0.05) is 53.6 Å². The maximum atomic E-state index is 13.5. The molecule has 4 rings (SSSR count). The lowest BCUT2D eigenvalue weighted by atomic mass is 10.1. The summed E-state index contributed by atoms with van der Waals surface area (Å²) in [7, 11) is -6.56. The maximum absolute atomic E-state index is 13.5. The Balaban J connectivity index is 1.78. The van der Waals surface area contributed by atoms with E-state index >= 15 is 0 Å². The number of benzene rings is 4. The van der Waals surface area contributed by atoms with Gasteiger partial charge in [0.15, 0.2) is 0 Å². The van der Waals surface area contributed by atoms with E-state index in [4.69, 9.17) is 9.47 Å². The number of rotatable bonds is 12. The molecule has 0 aliphatic heterocycles. The number of ether oxygens (including phenoxy) is 2. The van der Waals surface area contributed by atoms with Crippen molar-refractivity contribution in [3.63, 3.8) is 0 Å². The summed E-state index contributed by atoms with van der Waals surface area (Å²) in [4.78, 5) is 0.0742. The second-order valence-electron chi connectivity index (χ2n) is 9.43. The molecule has 0 saturated heterocycles. The molecule has 4 aromatic carbocycles. The van der Waals surface area contributed by atoms with Crippen LogP contribution in [0.15, 0.2) is 107 Å². The third-order valence-corrected chi connectivity index (χ3v) is 9.06. The standard InChI is InChI=1S/C31H32N2O6S2/c1-5-6-28-30(39-21-24-11-13-25(38-4)14-12-24)20-19-29(32-40(34,35)26-15-7-22(2)8-16-26)31(28)33-41(36,37)27-17-9-23(3)10-18-27/h5,7-20,32-33H,1,6,21H2,2-4H3. The lowest BCUT2D eigenvalue weighted by molar-refractivity contribution is 0.303. The average molecular weight is 593 g/mol. The molecule has 0 fully saturated rings. The van der Waals surface area contributed by atoms with Gasteiger partial charge in [0.2, 0.25) is 0 Å². The van der Waals surface area contributed by atoms with E-state index in [9.17, 15) is 16.8 Å². The highest BCUT2D eigenvalue weighted by Gasteiger charge is 2.24. The zero-order valence-electron chi connectivity index (χ0n) is 23.0. The largest absolute Gasteiger partial charge is 0.497 e.